The van der Waals surface area contributed by atoms with E-state index in [0.29, 0.717) is 0 Å². The summed E-state index contributed by atoms with van der Waals surface area (Å²) in [7, 11) is 0. The van der Waals surface area contributed by atoms with E-state index < -0.39 is 0 Å². The van der Waals surface area contributed by atoms with Crippen molar-refractivity contribution in [1.82, 2.24) is 0 Å². The Labute approximate surface area is 55.3 Å². The monoisotopic (exact) mass is 220 g/mol. The van der Waals surface area contributed by atoms with Gasteiger partial charge in [0.15, 0.2) is 0 Å². The summed E-state index contributed by atoms with van der Waals surface area (Å²) in [6.07, 6.45) is 0. The van der Waals surface area contributed by atoms with E-state index in [1.807, 2.05) is 11.8 Å². The Morgan fingerprint density at radius 1 is 2.00 bits per heavy atom. The van der Waals surface area contributed by atoms with Crippen molar-refractivity contribution in [1.29, 1.82) is 0 Å². The fourth-order valence-corrected chi connectivity index (χ4v) is 1.46. The van der Waals surface area contributed by atoms with Crippen molar-refractivity contribution < 1.29 is 3.10 Å². The summed E-state index contributed by atoms with van der Waals surface area (Å²) in [5.41, 5.74) is 0. The molecule has 1 nitrogen and oxygen atoms in total. The Balaban J connectivity index is 1.88. The molecule has 0 N–H and O–H groups in total. The average molecular weight is 218 g/mol. The molecule has 1 saturated heterocycles. The second-order valence-corrected chi connectivity index (χ2v) is 3.32. The zero-order valence-corrected chi connectivity index (χ0v) is 6.62. The molecule has 0 spiro atoms. The Morgan fingerprint density at radius 2 is 2.67 bits per heavy atom. The number of thioether (sulfide) groups is 1. The summed E-state index contributed by atoms with van der Waals surface area (Å²) in [4.78, 5) is 0. The molecule has 0 aliphatic carbocycles. The van der Waals surface area contributed by atoms with Gasteiger partial charge in [-0.3, -0.25) is 0 Å². The summed E-state index contributed by atoms with van der Waals surface area (Å²) in [5.74, 6) is 1.32. The maximum atomic E-state index is 4.89. The first-order valence-corrected chi connectivity index (χ1v) is 3.90. The van der Waals surface area contributed by atoms with Crippen LogP contribution in [0.5, 0.6) is 0 Å². The van der Waals surface area contributed by atoms with Crippen LogP contribution in [0.4, 0.5) is 0 Å². The molecular weight excluding hydrogens is 212 g/mol. The van der Waals surface area contributed by atoms with Crippen LogP contribution in [-0.2, 0) is 3.10 Å². The number of hydrogen-bond donors (Lipinski definition) is 0. The van der Waals surface area contributed by atoms with Crippen LogP contribution in [0.15, 0.2) is 0 Å². The molecule has 1 rings (SSSR count). The molecule has 3 heteroatoms. The minimum atomic E-state index is 0.855. The molecule has 6 heavy (non-hydrogen) atoms. The third kappa shape index (κ3) is 1.70. The van der Waals surface area contributed by atoms with Crippen molar-refractivity contribution in [2.24, 2.45) is 0 Å². The van der Waals surface area contributed by atoms with E-state index in [2.05, 4.69) is 0 Å². The third-order valence-electron chi connectivity index (χ3n) is 0.663. The van der Waals surface area contributed by atoms with Gasteiger partial charge < -0.3 is 0 Å². The van der Waals surface area contributed by atoms with Gasteiger partial charge in [0, 0.05) is 0 Å². The molecule has 0 aromatic carbocycles. The molecule has 0 radical (unpaired) electrons. The third-order valence-corrected chi connectivity index (χ3v) is 2.03. The number of hydrogen-bond acceptors (Lipinski definition) is 2. The van der Waals surface area contributed by atoms with Crippen molar-refractivity contribution in [3.05, 3.63) is 0 Å². The van der Waals surface area contributed by atoms with E-state index in [0.717, 1.165) is 11.9 Å². The van der Waals surface area contributed by atoms with Gasteiger partial charge in [0.1, 0.15) is 0 Å². The molecule has 0 saturated carbocycles. The predicted molar refractivity (Wildman–Crippen MR) is 29.3 cm³/mol. The quantitative estimate of drug-likeness (QED) is 0.473. The van der Waals surface area contributed by atoms with Crippen LogP contribution in [0.1, 0.15) is 0 Å². The summed E-state index contributed by atoms with van der Waals surface area (Å²) < 4.78 is 4.89. The SMILES string of the molecule is [TeH]OCC1CS1. The molecular formula is C3H6OSTe. The Hall–Kier alpha value is 1.10. The van der Waals surface area contributed by atoms with Crippen molar-refractivity contribution in [2.45, 2.75) is 5.25 Å². The van der Waals surface area contributed by atoms with Crippen LogP contribution in [-0.4, -0.2) is 40.3 Å². The van der Waals surface area contributed by atoms with Gasteiger partial charge in [-0.25, -0.2) is 0 Å². The van der Waals surface area contributed by atoms with Gasteiger partial charge in [0.25, 0.3) is 0 Å². The second-order valence-electron chi connectivity index (χ2n) is 1.25. The van der Waals surface area contributed by atoms with Crippen LogP contribution in [0, 0.1) is 0 Å². The van der Waals surface area contributed by atoms with Gasteiger partial charge in [-0.2, -0.15) is 0 Å². The van der Waals surface area contributed by atoms with Crippen LogP contribution in [0.25, 0.3) is 0 Å². The summed E-state index contributed by atoms with van der Waals surface area (Å²) >= 11 is 3.42. The van der Waals surface area contributed by atoms with Crippen molar-refractivity contribution in [3.63, 3.8) is 0 Å². The van der Waals surface area contributed by atoms with E-state index in [-0.39, 0.29) is 0 Å². The normalized spacial score (nSPS) is 30.5. The molecule has 0 aromatic rings. The maximum absolute atomic E-state index is 4.89. The fourth-order valence-electron chi connectivity index (χ4n) is 0.247. The summed E-state index contributed by atoms with van der Waals surface area (Å²) in [5, 5.41) is 0.855. The molecule has 1 unspecified atom stereocenters. The van der Waals surface area contributed by atoms with Gasteiger partial charge in [-0.1, -0.05) is 0 Å². The van der Waals surface area contributed by atoms with E-state index in [1.165, 1.54) is 28.5 Å². The molecule has 1 aliphatic heterocycles. The first-order chi connectivity index (χ1) is 2.93. The predicted octanol–water partition coefficient (Wildman–Crippen LogP) is -0.0658. The van der Waals surface area contributed by atoms with Gasteiger partial charge in [0.2, 0.25) is 0 Å². The first kappa shape index (κ1) is 5.24. The molecule has 0 amide bonds. The summed E-state index contributed by atoms with van der Waals surface area (Å²) in [6, 6.07) is 0. The minimum absolute atomic E-state index is 0.855. The van der Waals surface area contributed by atoms with Gasteiger partial charge in [0.05, 0.1) is 0 Å². The standard InChI is InChI=1S/C3H6OSTe/c6-4-1-3-2-5-3/h3,6H,1-2H2. The van der Waals surface area contributed by atoms with Crippen molar-refractivity contribution in [2.75, 3.05) is 12.4 Å². The molecule has 0 bridgehead atoms. The van der Waals surface area contributed by atoms with E-state index >= 15 is 0 Å². The summed E-state index contributed by atoms with van der Waals surface area (Å²) in [6.45, 7) is 0.971. The van der Waals surface area contributed by atoms with Crippen LogP contribution < -0.4 is 0 Å². The molecule has 36 valence electrons. The molecule has 1 aliphatic rings. The Bertz CT molecular complexity index is 46.1. The van der Waals surface area contributed by atoms with E-state index in [1.54, 1.807) is 0 Å². The fraction of sp³-hybridized carbons (Fsp3) is 1.00. The van der Waals surface area contributed by atoms with Gasteiger partial charge in [-0.05, 0) is 0 Å². The Kier molecular flexibility index (Phi) is 2.11. The average Bonchev–Trinajstić information content (AvgIpc) is 2.21. The zero-order chi connectivity index (χ0) is 4.41. The Morgan fingerprint density at radius 3 is 2.83 bits per heavy atom. The van der Waals surface area contributed by atoms with Crippen LogP contribution >= 0.6 is 11.8 Å². The molecule has 0 aromatic heterocycles. The molecule has 1 heterocycles. The molecule has 1 fully saturated rings. The van der Waals surface area contributed by atoms with Crippen molar-refractivity contribution >= 4 is 34.5 Å². The zero-order valence-electron chi connectivity index (χ0n) is 3.26. The van der Waals surface area contributed by atoms with Gasteiger partial charge >= 0.3 is 55.2 Å². The number of rotatable bonds is 2. The van der Waals surface area contributed by atoms with E-state index in [4.69, 9.17) is 3.10 Å². The van der Waals surface area contributed by atoms with Crippen LogP contribution in [0.3, 0.4) is 0 Å². The topological polar surface area (TPSA) is 9.23 Å². The van der Waals surface area contributed by atoms with E-state index in [9.17, 15) is 0 Å². The van der Waals surface area contributed by atoms with Crippen LogP contribution in [0.2, 0.25) is 0 Å². The van der Waals surface area contributed by atoms with Gasteiger partial charge in [-0.15, -0.1) is 0 Å². The first-order valence-electron chi connectivity index (χ1n) is 1.81. The second kappa shape index (κ2) is 2.42. The molecule has 1 atom stereocenters. The van der Waals surface area contributed by atoms with Crippen molar-refractivity contribution in [3.8, 4) is 0 Å².